The minimum Gasteiger partial charge on any atom is -0.444 e. The van der Waals surface area contributed by atoms with Crippen LogP contribution in [0.15, 0.2) is 11.7 Å². The van der Waals surface area contributed by atoms with E-state index in [0.717, 1.165) is 0 Å². The van der Waals surface area contributed by atoms with Crippen molar-refractivity contribution in [2.45, 2.75) is 71.1 Å². The lowest BCUT2D eigenvalue weighted by Gasteiger charge is -2.28. The Morgan fingerprint density at radius 1 is 1.43 bits per heavy atom. The number of ether oxygens (including phenoxy) is 1. The van der Waals surface area contributed by atoms with E-state index >= 15 is 0 Å². The van der Waals surface area contributed by atoms with Crippen molar-refractivity contribution in [3.8, 4) is 0 Å². The highest BCUT2D eigenvalue weighted by Gasteiger charge is 2.27. The zero-order chi connectivity index (χ0) is 16.9. The summed E-state index contributed by atoms with van der Waals surface area (Å²) in [4.78, 5) is 17.3. The van der Waals surface area contributed by atoms with Crippen LogP contribution in [0.25, 0.3) is 0 Å². The Kier molecular flexibility index (Phi) is 6.41. The second kappa shape index (κ2) is 8.11. The van der Waals surface area contributed by atoms with Gasteiger partial charge in [0.1, 0.15) is 5.60 Å². The minimum absolute atomic E-state index is 0.244. The summed E-state index contributed by atoms with van der Waals surface area (Å²) in [6, 6.07) is 0.510. The Balaban J connectivity index is 1.90. The van der Waals surface area contributed by atoms with E-state index < -0.39 is 5.60 Å². The van der Waals surface area contributed by atoms with Crippen molar-refractivity contribution in [1.29, 1.82) is 0 Å². The molecule has 5 nitrogen and oxygen atoms in total. The predicted octanol–water partition coefficient (Wildman–Crippen LogP) is 3.88. The van der Waals surface area contributed by atoms with E-state index in [1.54, 1.807) is 11.3 Å². The lowest BCUT2D eigenvalue weighted by molar-refractivity contribution is 0.0517. The Bertz CT molecular complexity index is 479. The number of nitrogens with one attached hydrogen (secondary N) is 2. The lowest BCUT2D eigenvalue weighted by atomic mass is 9.97. The van der Waals surface area contributed by atoms with E-state index in [0.29, 0.717) is 12.5 Å². The molecule has 2 atom stereocenters. The third kappa shape index (κ3) is 6.11. The molecule has 2 unspecified atom stereocenters. The first-order valence-corrected chi connectivity index (χ1v) is 9.34. The molecule has 1 saturated carbocycles. The molecule has 2 rings (SSSR count). The molecule has 0 saturated heterocycles. The van der Waals surface area contributed by atoms with Gasteiger partial charge in [-0.15, -0.1) is 11.3 Å². The van der Waals surface area contributed by atoms with E-state index in [-0.39, 0.29) is 18.2 Å². The van der Waals surface area contributed by atoms with Crippen molar-refractivity contribution in [3.05, 3.63) is 16.6 Å². The Hall–Kier alpha value is -1.14. The molecule has 0 aromatic carbocycles. The number of rotatable bonds is 6. The summed E-state index contributed by atoms with van der Waals surface area (Å²) in [5, 5.41) is 6.61. The topological polar surface area (TPSA) is 63.2 Å². The average molecular weight is 340 g/mol. The normalized spacial score (nSPS) is 18.6. The van der Waals surface area contributed by atoms with Gasteiger partial charge in [-0.2, -0.15) is 0 Å². The third-order valence-electron chi connectivity index (χ3n) is 4.18. The van der Waals surface area contributed by atoms with Gasteiger partial charge in [0.2, 0.25) is 0 Å². The summed E-state index contributed by atoms with van der Waals surface area (Å²) in [7, 11) is 0. The summed E-state index contributed by atoms with van der Waals surface area (Å²) in [5.74, 6) is 0.611. The summed E-state index contributed by atoms with van der Waals surface area (Å²) in [5.41, 5.74) is 1.40. The van der Waals surface area contributed by atoms with E-state index in [1.807, 2.05) is 32.5 Å². The number of nitrogens with zero attached hydrogens (tertiary/aromatic N) is 1. The van der Waals surface area contributed by atoms with Gasteiger partial charge in [0.05, 0.1) is 5.51 Å². The van der Waals surface area contributed by atoms with Crippen LogP contribution < -0.4 is 10.6 Å². The summed E-state index contributed by atoms with van der Waals surface area (Å²) < 4.78 is 5.34. The molecular formula is C17H29N3O2S. The largest absolute Gasteiger partial charge is 0.444 e. The van der Waals surface area contributed by atoms with Gasteiger partial charge in [-0.1, -0.05) is 12.8 Å². The second-order valence-electron chi connectivity index (χ2n) is 7.33. The van der Waals surface area contributed by atoms with Gasteiger partial charge in [-0.05, 0) is 46.5 Å². The van der Waals surface area contributed by atoms with Crippen LogP contribution in [0.2, 0.25) is 0 Å². The van der Waals surface area contributed by atoms with Crippen molar-refractivity contribution < 1.29 is 9.53 Å². The molecule has 2 N–H and O–H groups in total. The van der Waals surface area contributed by atoms with Crippen LogP contribution in [0.5, 0.6) is 0 Å². The summed E-state index contributed by atoms with van der Waals surface area (Å²) in [6.07, 6.45) is 6.59. The fourth-order valence-electron chi connectivity index (χ4n) is 3.07. The van der Waals surface area contributed by atoms with Gasteiger partial charge < -0.3 is 15.4 Å². The van der Waals surface area contributed by atoms with Crippen LogP contribution in [0.3, 0.4) is 0 Å². The number of hydrogen-bond acceptors (Lipinski definition) is 5. The molecule has 0 aliphatic heterocycles. The molecule has 1 aliphatic carbocycles. The highest BCUT2D eigenvalue weighted by atomic mass is 32.1. The molecule has 1 amide bonds. The maximum Gasteiger partial charge on any atom is 0.407 e. The van der Waals surface area contributed by atoms with E-state index in [1.165, 1.54) is 30.6 Å². The molecule has 1 aromatic heterocycles. The fraction of sp³-hybridized carbons (Fsp3) is 0.765. The molecule has 0 radical (unpaired) electrons. The van der Waals surface area contributed by atoms with Crippen LogP contribution >= 0.6 is 11.3 Å². The standard InChI is InChI=1S/C17H29N3O2S/c1-12(15-10-18-11-23-15)20-14(13-7-5-6-8-13)9-19-16(21)22-17(2,3)4/h10-14,20H,5-9H2,1-4H3,(H,19,21). The Labute approximate surface area is 143 Å². The quantitative estimate of drug-likeness (QED) is 0.825. The van der Waals surface area contributed by atoms with E-state index in [9.17, 15) is 4.79 Å². The molecular weight excluding hydrogens is 310 g/mol. The maximum atomic E-state index is 11.9. The third-order valence-corrected chi connectivity index (χ3v) is 5.13. The van der Waals surface area contributed by atoms with Crippen LogP contribution in [0.1, 0.15) is 64.3 Å². The minimum atomic E-state index is -0.462. The number of amides is 1. The zero-order valence-corrected chi connectivity index (χ0v) is 15.4. The highest BCUT2D eigenvalue weighted by Crippen LogP contribution is 2.29. The van der Waals surface area contributed by atoms with Gasteiger partial charge in [-0.25, -0.2) is 4.79 Å². The Morgan fingerprint density at radius 3 is 2.70 bits per heavy atom. The van der Waals surface area contributed by atoms with Crippen molar-refractivity contribution in [3.63, 3.8) is 0 Å². The molecule has 0 spiro atoms. The maximum absolute atomic E-state index is 11.9. The van der Waals surface area contributed by atoms with E-state index in [2.05, 4.69) is 22.5 Å². The zero-order valence-electron chi connectivity index (χ0n) is 14.6. The second-order valence-corrected chi connectivity index (χ2v) is 8.24. The van der Waals surface area contributed by atoms with Crippen molar-refractivity contribution >= 4 is 17.4 Å². The number of hydrogen-bond donors (Lipinski definition) is 2. The van der Waals surface area contributed by atoms with Crippen LogP contribution in [0, 0.1) is 5.92 Å². The number of aromatic nitrogens is 1. The molecule has 0 bridgehead atoms. The van der Waals surface area contributed by atoms with Gasteiger partial charge in [0.15, 0.2) is 0 Å². The first-order valence-electron chi connectivity index (χ1n) is 8.46. The summed E-state index contributed by atoms with van der Waals surface area (Å²) >= 11 is 1.66. The first-order chi connectivity index (χ1) is 10.8. The molecule has 1 aromatic rings. The molecule has 1 fully saturated rings. The van der Waals surface area contributed by atoms with Gasteiger partial charge >= 0.3 is 6.09 Å². The molecule has 1 aliphatic rings. The smallest absolute Gasteiger partial charge is 0.407 e. The van der Waals surface area contributed by atoms with E-state index in [4.69, 9.17) is 4.74 Å². The number of carbonyl (C=O) groups excluding carboxylic acids is 1. The molecule has 1 heterocycles. The monoisotopic (exact) mass is 339 g/mol. The van der Waals surface area contributed by atoms with Gasteiger partial charge in [-0.3, -0.25) is 4.98 Å². The van der Waals surface area contributed by atoms with Crippen LogP contribution in [-0.4, -0.2) is 29.3 Å². The lowest BCUT2D eigenvalue weighted by Crippen LogP contribution is -2.46. The number of thiazole rings is 1. The Morgan fingerprint density at radius 2 is 2.13 bits per heavy atom. The number of carbonyl (C=O) groups is 1. The average Bonchev–Trinajstić information content (AvgIpc) is 3.13. The fourth-order valence-corrected chi connectivity index (χ4v) is 3.71. The predicted molar refractivity (Wildman–Crippen MR) is 93.6 cm³/mol. The number of alkyl carbamates (subject to hydrolysis) is 1. The van der Waals surface area contributed by atoms with Crippen molar-refractivity contribution in [1.82, 2.24) is 15.6 Å². The van der Waals surface area contributed by atoms with Gasteiger partial charge in [0, 0.05) is 29.7 Å². The van der Waals surface area contributed by atoms with Gasteiger partial charge in [0.25, 0.3) is 0 Å². The van der Waals surface area contributed by atoms with Crippen molar-refractivity contribution in [2.24, 2.45) is 5.92 Å². The molecule has 130 valence electrons. The summed E-state index contributed by atoms with van der Waals surface area (Å²) in [6.45, 7) is 8.40. The van der Waals surface area contributed by atoms with Crippen molar-refractivity contribution in [2.75, 3.05) is 6.54 Å². The SMILES string of the molecule is CC(NC(CNC(=O)OC(C)(C)C)C1CCCC1)c1cncs1. The molecule has 6 heteroatoms. The van der Waals surface area contributed by atoms with Crippen LogP contribution in [-0.2, 0) is 4.74 Å². The first kappa shape index (κ1) is 18.2. The van der Waals surface area contributed by atoms with Crippen LogP contribution in [0.4, 0.5) is 4.79 Å². The molecule has 23 heavy (non-hydrogen) atoms. The highest BCUT2D eigenvalue weighted by molar-refractivity contribution is 7.09.